The quantitative estimate of drug-likeness (QED) is 0.853. The number of hydrogen-bond donors (Lipinski definition) is 1. The van der Waals surface area contributed by atoms with Crippen LogP contribution in [0.15, 0.2) is 24.3 Å². The lowest BCUT2D eigenvalue weighted by Gasteiger charge is -2.44. The van der Waals surface area contributed by atoms with Crippen molar-refractivity contribution in [2.75, 3.05) is 6.54 Å². The number of carbonyl (C=O) groups excluding carboxylic acids is 2. The van der Waals surface area contributed by atoms with Crippen LogP contribution in [0.4, 0.5) is 0 Å². The molecular weight excluding hydrogens is 364 g/mol. The third-order valence-electron chi connectivity index (χ3n) is 6.53. The van der Waals surface area contributed by atoms with Crippen molar-refractivity contribution in [1.29, 1.82) is 0 Å². The summed E-state index contributed by atoms with van der Waals surface area (Å²) >= 11 is 0. The van der Waals surface area contributed by atoms with Crippen LogP contribution in [-0.2, 0) is 11.3 Å². The van der Waals surface area contributed by atoms with Crippen molar-refractivity contribution in [2.45, 2.75) is 83.3 Å². The fraction of sp³-hybridized carbons (Fsp3) is 0.609. The van der Waals surface area contributed by atoms with Gasteiger partial charge in [0.2, 0.25) is 5.91 Å². The molecule has 0 spiro atoms. The molecule has 2 aromatic rings. The Balaban J connectivity index is 1.65. The van der Waals surface area contributed by atoms with Gasteiger partial charge in [-0.3, -0.25) is 9.59 Å². The molecule has 0 radical (unpaired) electrons. The molecule has 1 atom stereocenters. The molecule has 0 bridgehead atoms. The van der Waals surface area contributed by atoms with Gasteiger partial charge < -0.3 is 14.8 Å². The monoisotopic (exact) mass is 396 g/mol. The summed E-state index contributed by atoms with van der Waals surface area (Å²) in [6, 6.07) is 7.98. The predicted octanol–water partition coefficient (Wildman–Crippen LogP) is 3.89. The molecule has 1 aromatic heterocycles. The van der Waals surface area contributed by atoms with Crippen LogP contribution in [0.25, 0.3) is 11.0 Å². The minimum Gasteiger partial charge on any atom is -0.351 e. The normalized spacial score (nSPS) is 23.5. The van der Waals surface area contributed by atoms with Gasteiger partial charge in [-0.25, -0.2) is 4.98 Å². The van der Waals surface area contributed by atoms with E-state index in [1.807, 2.05) is 42.7 Å². The van der Waals surface area contributed by atoms with Crippen LogP contribution in [0.1, 0.15) is 75.8 Å². The minimum atomic E-state index is -0.911. The summed E-state index contributed by atoms with van der Waals surface area (Å²) in [5, 5.41) is 3.31. The Bertz CT molecular complexity index is 897. The number of nitrogens with one attached hydrogen (secondary N) is 1. The molecule has 1 aliphatic carbocycles. The summed E-state index contributed by atoms with van der Waals surface area (Å²) in [7, 11) is 0. The molecule has 1 aromatic carbocycles. The highest BCUT2D eigenvalue weighted by Crippen LogP contribution is 2.31. The molecular formula is C23H32N4O2. The van der Waals surface area contributed by atoms with Crippen LogP contribution in [0.5, 0.6) is 0 Å². The fourth-order valence-electron chi connectivity index (χ4n) is 4.84. The summed E-state index contributed by atoms with van der Waals surface area (Å²) in [6.07, 6.45) is 8.98. The maximum atomic E-state index is 13.5. The van der Waals surface area contributed by atoms with Crippen molar-refractivity contribution in [1.82, 2.24) is 19.8 Å². The lowest BCUT2D eigenvalue weighted by atomic mass is 9.92. The first kappa shape index (κ1) is 19.9. The summed E-state index contributed by atoms with van der Waals surface area (Å²) in [5.41, 5.74) is 0.806. The largest absolute Gasteiger partial charge is 0.351 e. The van der Waals surface area contributed by atoms with Crippen LogP contribution >= 0.6 is 0 Å². The van der Waals surface area contributed by atoms with Gasteiger partial charge >= 0.3 is 0 Å². The Hall–Kier alpha value is -2.37. The predicted molar refractivity (Wildman–Crippen MR) is 114 cm³/mol. The maximum Gasteiger partial charge on any atom is 0.290 e. The van der Waals surface area contributed by atoms with Gasteiger partial charge in [0.25, 0.3) is 5.91 Å². The van der Waals surface area contributed by atoms with Crippen LogP contribution < -0.4 is 5.32 Å². The zero-order valence-electron chi connectivity index (χ0n) is 17.6. The van der Waals surface area contributed by atoms with Crippen LogP contribution in [-0.4, -0.2) is 44.4 Å². The molecule has 156 valence electrons. The first-order valence-electron chi connectivity index (χ1n) is 11.1. The van der Waals surface area contributed by atoms with Crippen molar-refractivity contribution in [2.24, 2.45) is 0 Å². The highest BCUT2D eigenvalue weighted by molar-refractivity contribution is 6.01. The van der Waals surface area contributed by atoms with E-state index in [4.69, 9.17) is 0 Å². The number of imidazole rings is 1. The van der Waals surface area contributed by atoms with Crippen molar-refractivity contribution < 1.29 is 9.59 Å². The van der Waals surface area contributed by atoms with Gasteiger partial charge in [-0.1, -0.05) is 51.2 Å². The molecule has 1 saturated carbocycles. The van der Waals surface area contributed by atoms with Gasteiger partial charge in [0.05, 0.1) is 17.6 Å². The van der Waals surface area contributed by atoms with Gasteiger partial charge in [-0.15, -0.1) is 0 Å². The first-order chi connectivity index (χ1) is 14.0. The van der Waals surface area contributed by atoms with E-state index in [2.05, 4.69) is 10.3 Å². The summed E-state index contributed by atoms with van der Waals surface area (Å²) in [5.74, 6) is 0.258. The van der Waals surface area contributed by atoms with E-state index >= 15 is 0 Å². The van der Waals surface area contributed by atoms with Gasteiger partial charge in [0, 0.05) is 12.6 Å². The molecule has 4 rings (SSSR count). The molecule has 0 saturated heterocycles. The molecule has 29 heavy (non-hydrogen) atoms. The number of nitrogens with zero attached hydrogens (tertiary/aromatic N) is 3. The summed E-state index contributed by atoms with van der Waals surface area (Å²) < 4.78 is 1.93. The van der Waals surface area contributed by atoms with E-state index in [9.17, 15) is 9.59 Å². The SMILES string of the molecule is CCCN1C(=O)c2nc3ccccc3n2C[C@@]1(C)C(=O)NC1CCCCCCC1. The van der Waals surface area contributed by atoms with Gasteiger partial charge in [-0.2, -0.15) is 0 Å². The second-order valence-electron chi connectivity index (χ2n) is 8.76. The maximum absolute atomic E-state index is 13.5. The minimum absolute atomic E-state index is 0.0340. The highest BCUT2D eigenvalue weighted by Gasteiger charge is 2.48. The van der Waals surface area contributed by atoms with E-state index < -0.39 is 5.54 Å². The molecule has 2 heterocycles. The second kappa shape index (κ2) is 8.17. The Morgan fingerprint density at radius 2 is 1.86 bits per heavy atom. The van der Waals surface area contributed by atoms with E-state index in [1.54, 1.807) is 4.90 Å². The number of para-hydroxylation sites is 2. The highest BCUT2D eigenvalue weighted by atomic mass is 16.2. The number of hydrogen-bond acceptors (Lipinski definition) is 3. The fourth-order valence-corrected chi connectivity index (χ4v) is 4.84. The average Bonchev–Trinajstić information content (AvgIpc) is 3.05. The zero-order chi connectivity index (χ0) is 20.4. The van der Waals surface area contributed by atoms with E-state index in [0.717, 1.165) is 43.1 Å². The van der Waals surface area contributed by atoms with Crippen molar-refractivity contribution in [3.63, 3.8) is 0 Å². The molecule has 0 unspecified atom stereocenters. The summed E-state index contributed by atoms with van der Waals surface area (Å²) in [4.78, 5) is 33.2. The molecule has 2 aliphatic rings. The third kappa shape index (κ3) is 3.65. The molecule has 6 heteroatoms. The van der Waals surface area contributed by atoms with Gasteiger partial charge in [0.1, 0.15) is 5.54 Å². The van der Waals surface area contributed by atoms with Crippen LogP contribution in [0.2, 0.25) is 0 Å². The Morgan fingerprint density at radius 1 is 1.17 bits per heavy atom. The van der Waals surface area contributed by atoms with Crippen molar-refractivity contribution in [3.05, 3.63) is 30.1 Å². The van der Waals surface area contributed by atoms with E-state index in [1.165, 1.54) is 19.3 Å². The number of rotatable bonds is 4. The van der Waals surface area contributed by atoms with E-state index in [0.29, 0.717) is 18.9 Å². The number of aromatic nitrogens is 2. The third-order valence-corrected chi connectivity index (χ3v) is 6.53. The Morgan fingerprint density at radius 3 is 2.59 bits per heavy atom. The number of benzene rings is 1. The number of carbonyl (C=O) groups is 2. The molecule has 1 aliphatic heterocycles. The van der Waals surface area contributed by atoms with Gasteiger partial charge in [-0.05, 0) is 38.3 Å². The molecule has 1 N–H and O–H groups in total. The first-order valence-corrected chi connectivity index (χ1v) is 11.1. The second-order valence-corrected chi connectivity index (χ2v) is 8.76. The Kier molecular flexibility index (Phi) is 5.61. The lowest BCUT2D eigenvalue weighted by molar-refractivity contribution is -0.133. The average molecular weight is 397 g/mol. The van der Waals surface area contributed by atoms with Gasteiger partial charge in [0.15, 0.2) is 5.82 Å². The topological polar surface area (TPSA) is 67.2 Å². The summed E-state index contributed by atoms with van der Waals surface area (Å²) in [6.45, 7) is 4.94. The van der Waals surface area contributed by atoms with Crippen molar-refractivity contribution >= 4 is 22.8 Å². The van der Waals surface area contributed by atoms with Crippen LogP contribution in [0.3, 0.4) is 0 Å². The molecule has 6 nitrogen and oxygen atoms in total. The van der Waals surface area contributed by atoms with E-state index in [-0.39, 0.29) is 17.9 Å². The van der Waals surface area contributed by atoms with Crippen LogP contribution in [0, 0.1) is 0 Å². The number of amides is 2. The zero-order valence-corrected chi connectivity index (χ0v) is 17.6. The lowest BCUT2D eigenvalue weighted by Crippen LogP contribution is -2.65. The molecule has 2 amide bonds. The standard InChI is InChI=1S/C23H32N4O2/c1-3-15-27-21(28)20-25-18-13-9-10-14-19(18)26(20)16-23(27,2)22(29)24-17-11-7-5-4-6-8-12-17/h9-10,13-14,17H,3-8,11-12,15-16H2,1-2H3,(H,24,29)/t23-/m0/s1. The Labute approximate surface area is 172 Å². The smallest absolute Gasteiger partial charge is 0.290 e. The van der Waals surface area contributed by atoms with Crippen molar-refractivity contribution in [3.8, 4) is 0 Å². The molecule has 1 fully saturated rings. The number of fused-ring (bicyclic) bond motifs is 3.